The van der Waals surface area contributed by atoms with Crippen LogP contribution in [0.4, 0.5) is 6.01 Å². The molecule has 0 bridgehead atoms. The van der Waals surface area contributed by atoms with Crippen LogP contribution >= 0.6 is 11.6 Å². The minimum atomic E-state index is 0.450. The van der Waals surface area contributed by atoms with Crippen LogP contribution in [0.1, 0.15) is 12.8 Å². The lowest BCUT2D eigenvalue weighted by Gasteiger charge is -2.31. The van der Waals surface area contributed by atoms with Gasteiger partial charge in [-0.05, 0) is 37.4 Å². The number of oxazole rings is 1. The summed E-state index contributed by atoms with van der Waals surface area (Å²) in [6, 6.07) is 4.74. The zero-order valence-corrected chi connectivity index (χ0v) is 11.2. The number of hydrogen-bond donors (Lipinski definition) is 1. The number of nitrogens with zero attached hydrogens (tertiary/aromatic N) is 3. The van der Waals surface area contributed by atoms with Crippen molar-refractivity contribution in [3.05, 3.63) is 17.3 Å². The second-order valence-corrected chi connectivity index (χ2v) is 5.64. The molecule has 0 radical (unpaired) electrons. The SMILES string of the molecule is Clc1ccc2oc(N3CCC4CCNCC43)nc2n1. The van der Waals surface area contributed by atoms with Gasteiger partial charge < -0.3 is 14.6 Å². The van der Waals surface area contributed by atoms with E-state index in [-0.39, 0.29) is 0 Å². The summed E-state index contributed by atoms with van der Waals surface area (Å²) in [7, 11) is 0. The number of nitrogens with one attached hydrogen (secondary N) is 1. The first kappa shape index (κ1) is 11.5. The first-order valence-corrected chi connectivity index (χ1v) is 7.09. The molecule has 0 aromatic carbocycles. The molecule has 5 nitrogen and oxygen atoms in total. The van der Waals surface area contributed by atoms with Gasteiger partial charge in [-0.3, -0.25) is 0 Å². The van der Waals surface area contributed by atoms with Crippen LogP contribution in [0.25, 0.3) is 11.2 Å². The molecule has 0 aliphatic carbocycles. The van der Waals surface area contributed by atoms with Crippen molar-refractivity contribution in [2.24, 2.45) is 5.92 Å². The van der Waals surface area contributed by atoms with E-state index in [2.05, 4.69) is 20.2 Å². The Bertz CT molecular complexity index is 614. The van der Waals surface area contributed by atoms with E-state index in [0.717, 1.165) is 25.6 Å². The van der Waals surface area contributed by atoms with E-state index in [1.165, 1.54) is 12.8 Å². The number of fused-ring (bicyclic) bond motifs is 2. The van der Waals surface area contributed by atoms with E-state index >= 15 is 0 Å². The van der Waals surface area contributed by atoms with E-state index < -0.39 is 0 Å². The standard InChI is InChI=1S/C13H15ClN4O/c14-11-2-1-10-12(16-11)17-13(19-10)18-6-4-8-3-5-15-7-9(8)18/h1-2,8-9,15H,3-7H2. The predicted molar refractivity (Wildman–Crippen MR) is 73.5 cm³/mol. The summed E-state index contributed by atoms with van der Waals surface area (Å²) in [6.07, 6.45) is 2.46. The normalized spacial score (nSPS) is 26.9. The second-order valence-electron chi connectivity index (χ2n) is 5.25. The number of pyridine rings is 1. The topological polar surface area (TPSA) is 54.2 Å². The number of rotatable bonds is 1. The van der Waals surface area contributed by atoms with E-state index in [4.69, 9.17) is 16.0 Å². The number of anilines is 1. The minimum absolute atomic E-state index is 0.450. The third-order valence-electron chi connectivity index (χ3n) is 4.18. The fourth-order valence-electron chi connectivity index (χ4n) is 3.21. The van der Waals surface area contributed by atoms with Gasteiger partial charge in [0.1, 0.15) is 5.15 Å². The van der Waals surface area contributed by atoms with Gasteiger partial charge in [0.05, 0.1) is 0 Å². The van der Waals surface area contributed by atoms with Crippen molar-refractivity contribution in [1.82, 2.24) is 15.3 Å². The Morgan fingerprint density at radius 2 is 2.26 bits per heavy atom. The zero-order valence-electron chi connectivity index (χ0n) is 10.5. The monoisotopic (exact) mass is 278 g/mol. The van der Waals surface area contributed by atoms with Crippen LogP contribution in [0.5, 0.6) is 0 Å². The molecule has 0 saturated carbocycles. The van der Waals surface area contributed by atoms with Crippen molar-refractivity contribution in [1.29, 1.82) is 0 Å². The van der Waals surface area contributed by atoms with E-state index in [1.807, 2.05) is 6.07 Å². The van der Waals surface area contributed by atoms with E-state index in [0.29, 0.717) is 28.4 Å². The second kappa shape index (κ2) is 4.35. The summed E-state index contributed by atoms with van der Waals surface area (Å²) in [5.41, 5.74) is 1.29. The van der Waals surface area contributed by atoms with Gasteiger partial charge in [-0.2, -0.15) is 4.98 Å². The van der Waals surface area contributed by atoms with Gasteiger partial charge in [-0.1, -0.05) is 11.6 Å². The van der Waals surface area contributed by atoms with Gasteiger partial charge in [-0.25, -0.2) is 4.98 Å². The van der Waals surface area contributed by atoms with Crippen LogP contribution in [-0.2, 0) is 0 Å². The fourth-order valence-corrected chi connectivity index (χ4v) is 3.36. The molecule has 2 saturated heterocycles. The highest BCUT2D eigenvalue weighted by Crippen LogP contribution is 2.33. The Morgan fingerprint density at radius 1 is 1.32 bits per heavy atom. The molecule has 2 aliphatic rings. The number of piperidine rings is 1. The highest BCUT2D eigenvalue weighted by atomic mass is 35.5. The molecule has 0 amide bonds. The summed E-state index contributed by atoms with van der Waals surface area (Å²) >= 11 is 5.88. The molecular formula is C13H15ClN4O. The molecular weight excluding hydrogens is 264 g/mol. The Hall–Kier alpha value is -1.33. The molecule has 2 aromatic rings. The highest BCUT2D eigenvalue weighted by Gasteiger charge is 2.37. The van der Waals surface area contributed by atoms with E-state index in [1.54, 1.807) is 6.07 Å². The first-order valence-electron chi connectivity index (χ1n) is 6.72. The predicted octanol–water partition coefficient (Wildman–Crippen LogP) is 2.06. The molecule has 2 aromatic heterocycles. The van der Waals surface area contributed by atoms with Gasteiger partial charge in [0.15, 0.2) is 5.58 Å². The van der Waals surface area contributed by atoms with Gasteiger partial charge in [-0.15, -0.1) is 0 Å². The van der Waals surface area contributed by atoms with Gasteiger partial charge in [0, 0.05) is 19.1 Å². The molecule has 2 atom stereocenters. The Labute approximate surface area is 116 Å². The Kier molecular flexibility index (Phi) is 2.63. The fraction of sp³-hybridized carbons (Fsp3) is 0.538. The quantitative estimate of drug-likeness (QED) is 0.810. The van der Waals surface area contributed by atoms with Crippen molar-refractivity contribution < 1.29 is 4.42 Å². The Morgan fingerprint density at radius 3 is 3.21 bits per heavy atom. The molecule has 2 aliphatic heterocycles. The molecule has 2 unspecified atom stereocenters. The molecule has 4 rings (SSSR count). The van der Waals surface area contributed by atoms with Crippen LogP contribution in [0.3, 0.4) is 0 Å². The third kappa shape index (κ3) is 1.88. The number of hydrogen-bond acceptors (Lipinski definition) is 5. The zero-order chi connectivity index (χ0) is 12.8. The summed E-state index contributed by atoms with van der Waals surface area (Å²) in [6.45, 7) is 3.15. The van der Waals surface area contributed by atoms with Crippen LogP contribution in [0.15, 0.2) is 16.5 Å². The van der Waals surface area contributed by atoms with Crippen molar-refractivity contribution in [2.45, 2.75) is 18.9 Å². The highest BCUT2D eigenvalue weighted by molar-refractivity contribution is 6.29. The van der Waals surface area contributed by atoms with E-state index in [9.17, 15) is 0 Å². The molecule has 0 spiro atoms. The maximum Gasteiger partial charge on any atom is 0.300 e. The van der Waals surface area contributed by atoms with Gasteiger partial charge >= 0.3 is 0 Å². The maximum atomic E-state index is 5.88. The van der Waals surface area contributed by atoms with Crippen molar-refractivity contribution in [3.63, 3.8) is 0 Å². The maximum absolute atomic E-state index is 5.88. The van der Waals surface area contributed by atoms with Crippen LogP contribution in [0, 0.1) is 5.92 Å². The molecule has 2 fully saturated rings. The molecule has 4 heterocycles. The number of halogens is 1. The summed E-state index contributed by atoms with van der Waals surface area (Å²) in [4.78, 5) is 10.9. The minimum Gasteiger partial charge on any atom is -0.422 e. The smallest absolute Gasteiger partial charge is 0.300 e. The Balaban J connectivity index is 1.70. The third-order valence-corrected chi connectivity index (χ3v) is 4.39. The first-order chi connectivity index (χ1) is 9.31. The van der Waals surface area contributed by atoms with Crippen LogP contribution in [0.2, 0.25) is 5.15 Å². The van der Waals surface area contributed by atoms with Crippen LogP contribution in [-0.4, -0.2) is 35.6 Å². The largest absolute Gasteiger partial charge is 0.422 e. The van der Waals surface area contributed by atoms with Crippen molar-refractivity contribution in [3.8, 4) is 0 Å². The average Bonchev–Trinajstić information content (AvgIpc) is 3.00. The average molecular weight is 279 g/mol. The molecule has 1 N–H and O–H groups in total. The van der Waals surface area contributed by atoms with Crippen LogP contribution < -0.4 is 10.2 Å². The molecule has 6 heteroatoms. The lowest BCUT2D eigenvalue weighted by Crippen LogP contribution is -2.46. The summed E-state index contributed by atoms with van der Waals surface area (Å²) < 4.78 is 5.82. The number of aromatic nitrogens is 2. The lowest BCUT2D eigenvalue weighted by molar-refractivity contribution is 0.352. The molecule has 100 valence electrons. The van der Waals surface area contributed by atoms with Gasteiger partial charge in [0.25, 0.3) is 6.01 Å². The molecule has 19 heavy (non-hydrogen) atoms. The van der Waals surface area contributed by atoms with Crippen molar-refractivity contribution >= 4 is 28.8 Å². The lowest BCUT2D eigenvalue weighted by atomic mass is 9.93. The summed E-state index contributed by atoms with van der Waals surface area (Å²) in [5.74, 6) is 0.757. The summed E-state index contributed by atoms with van der Waals surface area (Å²) in [5, 5.41) is 3.90. The van der Waals surface area contributed by atoms with Crippen molar-refractivity contribution in [2.75, 3.05) is 24.5 Å². The van der Waals surface area contributed by atoms with Gasteiger partial charge in [0.2, 0.25) is 5.65 Å².